The SMILES string of the molecule is CCCSc1nc2n(n1)C(c1cc(Br)c(OCc3ccc(Cl)cc3)c(OC)c1)C1=C(CCCC1=O)N2. The Morgan fingerprint density at radius 2 is 2.06 bits per heavy atom. The van der Waals surface area contributed by atoms with Gasteiger partial charge in [0.05, 0.1) is 11.6 Å². The van der Waals surface area contributed by atoms with E-state index in [-0.39, 0.29) is 5.78 Å². The van der Waals surface area contributed by atoms with Gasteiger partial charge in [-0.2, -0.15) is 4.98 Å². The van der Waals surface area contributed by atoms with Crippen LogP contribution in [0.2, 0.25) is 5.02 Å². The van der Waals surface area contributed by atoms with E-state index >= 15 is 0 Å². The molecule has 0 saturated heterocycles. The molecular formula is C26H26BrClN4O3S. The van der Waals surface area contributed by atoms with Crippen LogP contribution >= 0.6 is 39.3 Å². The second kappa shape index (κ2) is 10.9. The van der Waals surface area contributed by atoms with Gasteiger partial charge in [0.25, 0.3) is 0 Å². The maximum absolute atomic E-state index is 13.1. The zero-order chi connectivity index (χ0) is 25.2. The number of halogens is 2. The molecule has 3 aromatic rings. The molecule has 0 radical (unpaired) electrons. The number of Topliss-reactive ketones (excluding diaryl/α,β-unsaturated/α-hetero) is 1. The van der Waals surface area contributed by atoms with E-state index in [4.69, 9.17) is 31.2 Å². The molecule has 7 nitrogen and oxygen atoms in total. The third-order valence-electron chi connectivity index (χ3n) is 6.15. The maximum atomic E-state index is 13.1. The largest absolute Gasteiger partial charge is 0.493 e. The van der Waals surface area contributed by atoms with Gasteiger partial charge in [0.1, 0.15) is 12.6 Å². The lowest BCUT2D eigenvalue weighted by Gasteiger charge is -2.32. The number of carbonyl (C=O) groups is 1. The predicted octanol–water partition coefficient (Wildman–Crippen LogP) is 6.81. The summed E-state index contributed by atoms with van der Waals surface area (Å²) < 4.78 is 14.4. The molecular weight excluding hydrogens is 564 g/mol. The fraction of sp³-hybridized carbons (Fsp3) is 0.346. The number of hydrogen-bond donors (Lipinski definition) is 1. The predicted molar refractivity (Wildman–Crippen MR) is 145 cm³/mol. The molecule has 10 heteroatoms. The van der Waals surface area contributed by atoms with E-state index in [1.807, 2.05) is 41.1 Å². The molecule has 1 N–H and O–H groups in total. The van der Waals surface area contributed by atoms with Crippen LogP contribution in [0.4, 0.5) is 5.95 Å². The Morgan fingerprint density at radius 3 is 2.81 bits per heavy atom. The second-order valence-electron chi connectivity index (χ2n) is 8.66. The third kappa shape index (κ3) is 5.01. The molecule has 1 aliphatic carbocycles. The molecule has 1 aliphatic heterocycles. The Morgan fingerprint density at radius 1 is 1.25 bits per heavy atom. The van der Waals surface area contributed by atoms with Gasteiger partial charge in [-0.3, -0.25) is 4.79 Å². The van der Waals surface area contributed by atoms with Gasteiger partial charge in [0.15, 0.2) is 17.3 Å². The zero-order valence-electron chi connectivity index (χ0n) is 20.0. The minimum atomic E-state index is -0.400. The molecule has 188 valence electrons. The van der Waals surface area contributed by atoms with E-state index in [9.17, 15) is 4.79 Å². The van der Waals surface area contributed by atoms with Gasteiger partial charge in [-0.25, -0.2) is 4.68 Å². The maximum Gasteiger partial charge on any atom is 0.227 e. The van der Waals surface area contributed by atoms with Gasteiger partial charge in [-0.15, -0.1) is 5.10 Å². The summed E-state index contributed by atoms with van der Waals surface area (Å²) in [6, 6.07) is 11.0. The number of rotatable bonds is 8. The Hall–Kier alpha value is -2.49. The number of ketones is 1. The molecule has 0 spiro atoms. The molecule has 2 aliphatic rings. The average Bonchev–Trinajstić information content (AvgIpc) is 3.28. The minimum absolute atomic E-state index is 0.135. The number of methoxy groups -OCH3 is 1. The van der Waals surface area contributed by atoms with E-state index in [0.717, 1.165) is 51.9 Å². The number of carbonyl (C=O) groups excluding carboxylic acids is 1. The van der Waals surface area contributed by atoms with Crippen LogP contribution in [0.5, 0.6) is 11.5 Å². The first-order valence-electron chi connectivity index (χ1n) is 11.9. The Bertz CT molecular complexity index is 1330. The summed E-state index contributed by atoms with van der Waals surface area (Å²) in [5.74, 6) is 2.88. The number of benzene rings is 2. The number of hydrogen-bond acceptors (Lipinski definition) is 7. The van der Waals surface area contributed by atoms with Crippen LogP contribution in [0.25, 0.3) is 0 Å². The third-order valence-corrected chi connectivity index (χ3v) is 8.03. The fourth-order valence-electron chi connectivity index (χ4n) is 4.47. The number of ether oxygens (including phenoxy) is 2. The van der Waals surface area contributed by atoms with Crippen LogP contribution in [0, 0.1) is 0 Å². The summed E-state index contributed by atoms with van der Waals surface area (Å²) in [4.78, 5) is 17.9. The van der Waals surface area contributed by atoms with E-state index in [1.165, 1.54) is 0 Å². The summed E-state index contributed by atoms with van der Waals surface area (Å²) in [6.07, 6.45) is 3.19. The number of fused-ring (bicyclic) bond motifs is 1. The fourth-order valence-corrected chi connectivity index (χ4v) is 5.86. The van der Waals surface area contributed by atoms with Crippen LogP contribution in [0.3, 0.4) is 0 Å². The molecule has 2 heterocycles. The Kier molecular flexibility index (Phi) is 7.60. The van der Waals surface area contributed by atoms with Crippen LogP contribution in [0.1, 0.15) is 49.8 Å². The smallest absolute Gasteiger partial charge is 0.227 e. The summed E-state index contributed by atoms with van der Waals surface area (Å²) >= 11 is 11.3. The molecule has 0 saturated carbocycles. The Labute approximate surface area is 227 Å². The van der Waals surface area contributed by atoms with Crippen LogP contribution in [0.15, 0.2) is 57.3 Å². The van der Waals surface area contributed by atoms with Crippen molar-refractivity contribution in [3.05, 3.63) is 68.3 Å². The lowest BCUT2D eigenvalue weighted by Crippen LogP contribution is -2.31. The van der Waals surface area contributed by atoms with E-state index < -0.39 is 6.04 Å². The van der Waals surface area contributed by atoms with Gasteiger partial charge in [-0.05, 0) is 70.6 Å². The quantitative estimate of drug-likeness (QED) is 0.289. The molecule has 1 aromatic heterocycles. The summed E-state index contributed by atoms with van der Waals surface area (Å²) in [6.45, 7) is 2.49. The van der Waals surface area contributed by atoms with Gasteiger partial charge >= 0.3 is 0 Å². The highest BCUT2D eigenvalue weighted by Gasteiger charge is 2.37. The van der Waals surface area contributed by atoms with Crippen molar-refractivity contribution in [3.63, 3.8) is 0 Å². The number of anilines is 1. The summed E-state index contributed by atoms with van der Waals surface area (Å²) in [5, 5.41) is 9.54. The highest BCUT2D eigenvalue weighted by molar-refractivity contribution is 9.10. The van der Waals surface area contributed by atoms with Gasteiger partial charge in [0, 0.05) is 28.5 Å². The van der Waals surface area contributed by atoms with Crippen LogP contribution in [-0.2, 0) is 11.4 Å². The number of thioether (sulfide) groups is 1. The summed E-state index contributed by atoms with van der Waals surface area (Å²) in [5.41, 5.74) is 3.54. The van der Waals surface area contributed by atoms with Crippen molar-refractivity contribution in [1.29, 1.82) is 0 Å². The number of allylic oxidation sites excluding steroid dienone is 2. The highest BCUT2D eigenvalue weighted by atomic mass is 79.9. The first-order chi connectivity index (χ1) is 17.5. The van der Waals surface area contributed by atoms with Crippen molar-refractivity contribution in [2.24, 2.45) is 0 Å². The monoisotopic (exact) mass is 588 g/mol. The van der Waals surface area contributed by atoms with Crippen molar-refractivity contribution < 1.29 is 14.3 Å². The van der Waals surface area contributed by atoms with Crippen molar-refractivity contribution in [2.45, 2.75) is 50.4 Å². The number of nitrogens with zero attached hydrogens (tertiary/aromatic N) is 3. The molecule has 5 rings (SSSR count). The van der Waals surface area contributed by atoms with Crippen LogP contribution < -0.4 is 14.8 Å². The molecule has 0 fully saturated rings. The van der Waals surface area contributed by atoms with Crippen molar-refractivity contribution in [1.82, 2.24) is 14.8 Å². The topological polar surface area (TPSA) is 78.3 Å². The molecule has 0 bridgehead atoms. The highest BCUT2D eigenvalue weighted by Crippen LogP contribution is 2.45. The first kappa shape index (κ1) is 25.2. The van der Waals surface area contributed by atoms with Crippen molar-refractivity contribution in [3.8, 4) is 11.5 Å². The molecule has 36 heavy (non-hydrogen) atoms. The van der Waals surface area contributed by atoms with Crippen molar-refractivity contribution >= 4 is 51.0 Å². The van der Waals surface area contributed by atoms with Gasteiger partial charge in [0.2, 0.25) is 11.1 Å². The van der Waals surface area contributed by atoms with Gasteiger partial charge < -0.3 is 14.8 Å². The van der Waals surface area contributed by atoms with Crippen LogP contribution in [-0.4, -0.2) is 33.4 Å². The zero-order valence-corrected chi connectivity index (χ0v) is 23.2. The van der Waals surface area contributed by atoms with E-state index in [0.29, 0.717) is 40.7 Å². The molecule has 2 aromatic carbocycles. The standard InChI is InChI=1S/C26H26BrClN4O3S/c1-3-11-36-26-30-25-29-19-5-4-6-20(33)22(19)23(32(25)31-26)16-12-18(27)24(21(13-16)34-2)35-14-15-7-9-17(28)10-8-15/h7-10,12-13,23H,3-6,11,14H2,1-2H3,(H,29,30,31). The lowest BCUT2D eigenvalue weighted by atomic mass is 9.85. The van der Waals surface area contributed by atoms with Gasteiger partial charge in [-0.1, -0.05) is 42.4 Å². The van der Waals surface area contributed by atoms with Crippen molar-refractivity contribution in [2.75, 3.05) is 18.2 Å². The number of aromatic nitrogens is 3. The first-order valence-corrected chi connectivity index (χ1v) is 14.0. The van der Waals surface area contributed by atoms with E-state index in [2.05, 4.69) is 28.2 Å². The lowest BCUT2D eigenvalue weighted by molar-refractivity contribution is -0.116. The second-order valence-corrected chi connectivity index (χ2v) is 11.0. The molecule has 0 amide bonds. The molecule has 1 unspecified atom stereocenters. The average molecular weight is 590 g/mol. The van der Waals surface area contributed by atoms with E-state index in [1.54, 1.807) is 18.9 Å². The Balaban J connectivity index is 1.53. The normalized spacial score (nSPS) is 16.9. The number of nitrogens with one attached hydrogen (secondary N) is 1. The summed E-state index contributed by atoms with van der Waals surface area (Å²) in [7, 11) is 1.61. The minimum Gasteiger partial charge on any atom is -0.493 e. The molecule has 1 atom stereocenters.